The lowest BCUT2D eigenvalue weighted by molar-refractivity contribution is -0.133. The lowest BCUT2D eigenvalue weighted by Gasteiger charge is -2.28. The number of fused-ring (bicyclic) bond motifs is 1. The number of nitrogens with zero attached hydrogens (tertiary/aromatic N) is 1. The molecule has 2 atom stereocenters. The van der Waals surface area contributed by atoms with Crippen LogP contribution < -0.4 is 5.73 Å². The van der Waals surface area contributed by atoms with E-state index in [4.69, 9.17) is 5.73 Å². The molecule has 4 heteroatoms. The molecule has 0 aliphatic carbocycles. The largest absolute Gasteiger partial charge is 0.361 e. The Hall–Kier alpha value is -2.59. The maximum atomic E-state index is 12.7. The van der Waals surface area contributed by atoms with Crippen LogP contribution in [0.25, 0.3) is 10.9 Å². The van der Waals surface area contributed by atoms with Crippen LogP contribution in [-0.4, -0.2) is 28.9 Å². The van der Waals surface area contributed by atoms with Crippen LogP contribution in [0.3, 0.4) is 0 Å². The Kier molecular flexibility index (Phi) is 4.67. The molecule has 3 N–H and O–H groups in total. The first-order valence-corrected chi connectivity index (χ1v) is 8.20. The highest BCUT2D eigenvalue weighted by atomic mass is 16.2. The van der Waals surface area contributed by atoms with E-state index in [0.29, 0.717) is 6.42 Å². The predicted molar refractivity (Wildman–Crippen MR) is 97.6 cm³/mol. The number of nitrogens with two attached hydrogens (primary N) is 1. The lowest BCUT2D eigenvalue weighted by atomic mass is 10.0. The standard InChI is InChI=1S/C20H23N3O/c1-14(15-8-4-3-5-9-15)23(2)20(24)18(21)12-16-13-22-19-11-7-6-10-17(16)19/h3-11,13-14,18,22H,12,21H2,1-2H3/t14-,18-/m0/s1. The third kappa shape index (κ3) is 3.19. The van der Waals surface area contributed by atoms with E-state index in [2.05, 4.69) is 11.1 Å². The normalized spacial score (nSPS) is 13.6. The van der Waals surface area contributed by atoms with Gasteiger partial charge in [-0.15, -0.1) is 0 Å². The van der Waals surface area contributed by atoms with E-state index in [9.17, 15) is 4.79 Å². The molecule has 0 saturated heterocycles. The number of carbonyl (C=O) groups is 1. The third-order valence-corrected chi connectivity index (χ3v) is 4.64. The fourth-order valence-electron chi connectivity index (χ4n) is 3.03. The molecule has 2 aromatic carbocycles. The molecule has 24 heavy (non-hydrogen) atoms. The molecule has 1 aromatic heterocycles. The second-order valence-electron chi connectivity index (χ2n) is 6.21. The molecule has 124 valence electrons. The SMILES string of the molecule is C[C@@H](c1ccccc1)N(C)C(=O)[C@@H](N)Cc1c[nH]c2ccccc12. The van der Waals surface area contributed by atoms with Crippen molar-refractivity contribution in [3.05, 3.63) is 71.9 Å². The summed E-state index contributed by atoms with van der Waals surface area (Å²) >= 11 is 0. The number of carbonyl (C=O) groups excluding carboxylic acids is 1. The Balaban J connectivity index is 1.72. The van der Waals surface area contributed by atoms with E-state index >= 15 is 0 Å². The first kappa shape index (κ1) is 16.3. The summed E-state index contributed by atoms with van der Waals surface area (Å²) in [4.78, 5) is 17.7. The van der Waals surface area contributed by atoms with Gasteiger partial charge in [0.05, 0.1) is 12.1 Å². The van der Waals surface area contributed by atoms with Crippen LogP contribution in [0.4, 0.5) is 0 Å². The quantitative estimate of drug-likeness (QED) is 0.757. The fourth-order valence-corrected chi connectivity index (χ4v) is 3.03. The average molecular weight is 321 g/mol. The molecule has 3 aromatic rings. The second kappa shape index (κ2) is 6.89. The second-order valence-corrected chi connectivity index (χ2v) is 6.21. The number of para-hydroxylation sites is 1. The summed E-state index contributed by atoms with van der Waals surface area (Å²) in [6.07, 6.45) is 2.47. The van der Waals surface area contributed by atoms with Crippen molar-refractivity contribution in [1.82, 2.24) is 9.88 Å². The van der Waals surface area contributed by atoms with Gasteiger partial charge < -0.3 is 15.6 Å². The molecule has 1 amide bonds. The summed E-state index contributed by atoms with van der Waals surface area (Å²) in [6.45, 7) is 2.02. The van der Waals surface area contributed by atoms with Gasteiger partial charge in [-0.05, 0) is 30.5 Å². The van der Waals surface area contributed by atoms with E-state index in [1.807, 2.05) is 68.7 Å². The van der Waals surface area contributed by atoms with Crippen molar-refractivity contribution in [2.75, 3.05) is 7.05 Å². The van der Waals surface area contributed by atoms with Crippen LogP contribution >= 0.6 is 0 Å². The van der Waals surface area contributed by atoms with Crippen molar-refractivity contribution in [2.45, 2.75) is 25.4 Å². The molecule has 1 heterocycles. The molecular weight excluding hydrogens is 298 g/mol. The van der Waals surface area contributed by atoms with E-state index < -0.39 is 6.04 Å². The van der Waals surface area contributed by atoms with Gasteiger partial charge in [-0.25, -0.2) is 0 Å². The zero-order valence-electron chi connectivity index (χ0n) is 14.1. The monoisotopic (exact) mass is 321 g/mol. The topological polar surface area (TPSA) is 62.1 Å². The van der Waals surface area contributed by atoms with Gasteiger partial charge in [0.1, 0.15) is 0 Å². The minimum absolute atomic E-state index is 0.00674. The van der Waals surface area contributed by atoms with Crippen LogP contribution in [0.1, 0.15) is 24.1 Å². The number of aromatic nitrogens is 1. The number of hydrogen-bond donors (Lipinski definition) is 2. The maximum absolute atomic E-state index is 12.7. The highest BCUT2D eigenvalue weighted by molar-refractivity contribution is 5.86. The number of benzene rings is 2. The third-order valence-electron chi connectivity index (χ3n) is 4.64. The van der Waals surface area contributed by atoms with Gasteiger partial charge in [0.15, 0.2) is 0 Å². The smallest absolute Gasteiger partial charge is 0.240 e. The van der Waals surface area contributed by atoms with E-state index in [1.54, 1.807) is 4.90 Å². The zero-order valence-corrected chi connectivity index (χ0v) is 14.1. The Morgan fingerprint density at radius 3 is 2.54 bits per heavy atom. The van der Waals surface area contributed by atoms with E-state index in [0.717, 1.165) is 22.0 Å². The van der Waals surface area contributed by atoms with Gasteiger partial charge in [-0.2, -0.15) is 0 Å². The Labute approximate surface area is 142 Å². The number of rotatable bonds is 5. The Bertz CT molecular complexity index is 825. The molecule has 0 aliphatic heterocycles. The number of H-pyrrole nitrogens is 1. The maximum Gasteiger partial charge on any atom is 0.240 e. The molecule has 0 spiro atoms. The summed E-state index contributed by atoms with van der Waals surface area (Å²) < 4.78 is 0. The Morgan fingerprint density at radius 2 is 1.79 bits per heavy atom. The lowest BCUT2D eigenvalue weighted by Crippen LogP contribution is -2.44. The number of hydrogen-bond acceptors (Lipinski definition) is 2. The van der Waals surface area contributed by atoms with Crippen molar-refractivity contribution in [3.63, 3.8) is 0 Å². The number of likely N-dealkylation sites (N-methyl/N-ethyl adjacent to an activating group) is 1. The van der Waals surface area contributed by atoms with Crippen LogP contribution in [0.2, 0.25) is 0 Å². The van der Waals surface area contributed by atoms with Crippen molar-refractivity contribution >= 4 is 16.8 Å². The number of amides is 1. The summed E-state index contributed by atoms with van der Waals surface area (Å²) in [5.41, 5.74) is 9.46. The highest BCUT2D eigenvalue weighted by Gasteiger charge is 2.23. The molecule has 0 fully saturated rings. The first-order chi connectivity index (χ1) is 11.6. The molecule has 0 unspecified atom stereocenters. The summed E-state index contributed by atoms with van der Waals surface area (Å²) in [5, 5.41) is 1.12. The Morgan fingerprint density at radius 1 is 1.12 bits per heavy atom. The molecule has 0 bridgehead atoms. The van der Waals surface area contributed by atoms with Crippen molar-refractivity contribution in [1.29, 1.82) is 0 Å². The van der Waals surface area contributed by atoms with Gasteiger partial charge in [-0.3, -0.25) is 4.79 Å². The van der Waals surface area contributed by atoms with Gasteiger partial charge in [0.25, 0.3) is 0 Å². The van der Waals surface area contributed by atoms with Gasteiger partial charge in [-0.1, -0.05) is 48.5 Å². The molecule has 0 radical (unpaired) electrons. The van der Waals surface area contributed by atoms with Gasteiger partial charge in [0, 0.05) is 24.1 Å². The average Bonchev–Trinajstić information content (AvgIpc) is 3.03. The van der Waals surface area contributed by atoms with E-state index in [1.165, 1.54) is 0 Å². The highest BCUT2D eigenvalue weighted by Crippen LogP contribution is 2.21. The van der Waals surface area contributed by atoms with Crippen LogP contribution in [-0.2, 0) is 11.2 Å². The fraction of sp³-hybridized carbons (Fsp3) is 0.250. The number of nitrogens with one attached hydrogen (secondary N) is 1. The molecule has 4 nitrogen and oxygen atoms in total. The van der Waals surface area contributed by atoms with E-state index in [-0.39, 0.29) is 11.9 Å². The van der Waals surface area contributed by atoms with Gasteiger partial charge in [0.2, 0.25) is 5.91 Å². The zero-order chi connectivity index (χ0) is 17.1. The van der Waals surface area contributed by atoms with Crippen molar-refractivity contribution in [2.24, 2.45) is 5.73 Å². The predicted octanol–water partition coefficient (Wildman–Crippen LogP) is 3.26. The molecule has 0 saturated carbocycles. The molecule has 3 rings (SSSR count). The number of aromatic amines is 1. The van der Waals surface area contributed by atoms with Crippen molar-refractivity contribution in [3.8, 4) is 0 Å². The van der Waals surface area contributed by atoms with Crippen LogP contribution in [0.5, 0.6) is 0 Å². The summed E-state index contributed by atoms with van der Waals surface area (Å²) in [6, 6.07) is 17.5. The molecular formula is C20H23N3O. The summed E-state index contributed by atoms with van der Waals surface area (Å²) in [7, 11) is 1.81. The van der Waals surface area contributed by atoms with Crippen LogP contribution in [0.15, 0.2) is 60.8 Å². The molecule has 0 aliphatic rings. The van der Waals surface area contributed by atoms with Gasteiger partial charge >= 0.3 is 0 Å². The first-order valence-electron chi connectivity index (χ1n) is 8.20. The van der Waals surface area contributed by atoms with Crippen molar-refractivity contribution < 1.29 is 4.79 Å². The van der Waals surface area contributed by atoms with Crippen LogP contribution in [0, 0.1) is 0 Å². The minimum Gasteiger partial charge on any atom is -0.361 e. The summed E-state index contributed by atoms with van der Waals surface area (Å²) in [5.74, 6) is -0.0448. The minimum atomic E-state index is -0.555.